The van der Waals surface area contributed by atoms with Gasteiger partial charge in [-0.2, -0.15) is 5.10 Å². The second kappa shape index (κ2) is 5.34. The van der Waals surface area contributed by atoms with Gasteiger partial charge in [0.15, 0.2) is 0 Å². The number of esters is 1. The van der Waals surface area contributed by atoms with Crippen molar-refractivity contribution >= 4 is 11.9 Å². The maximum absolute atomic E-state index is 11.6. The first kappa shape index (κ1) is 12.8. The first-order chi connectivity index (χ1) is 9.11. The van der Waals surface area contributed by atoms with Crippen molar-refractivity contribution in [2.75, 3.05) is 7.11 Å². The first-order valence-electron chi connectivity index (χ1n) is 5.54. The summed E-state index contributed by atoms with van der Waals surface area (Å²) < 4.78 is 6.01. The van der Waals surface area contributed by atoms with Crippen LogP contribution in [-0.4, -0.2) is 33.9 Å². The highest BCUT2D eigenvalue weighted by Crippen LogP contribution is 2.23. The van der Waals surface area contributed by atoms with E-state index in [1.54, 1.807) is 30.5 Å². The number of benzene rings is 1. The van der Waals surface area contributed by atoms with E-state index in [0.717, 1.165) is 0 Å². The van der Waals surface area contributed by atoms with E-state index in [1.165, 1.54) is 18.0 Å². The summed E-state index contributed by atoms with van der Waals surface area (Å²) in [6.45, 7) is -0.222. The molecule has 0 aliphatic carbocycles. The summed E-state index contributed by atoms with van der Waals surface area (Å²) in [5.74, 6) is -1.42. The molecular weight excluding hydrogens is 248 g/mol. The van der Waals surface area contributed by atoms with Crippen molar-refractivity contribution in [3.8, 4) is 11.1 Å². The largest absolute Gasteiger partial charge is 0.480 e. The number of nitrogens with zero attached hydrogens (tertiary/aromatic N) is 2. The number of hydrogen-bond acceptors (Lipinski definition) is 4. The van der Waals surface area contributed by atoms with Crippen molar-refractivity contribution in [2.45, 2.75) is 6.54 Å². The molecule has 1 aromatic heterocycles. The highest BCUT2D eigenvalue weighted by Gasteiger charge is 2.14. The fourth-order valence-corrected chi connectivity index (χ4v) is 1.75. The minimum atomic E-state index is -0.976. The van der Waals surface area contributed by atoms with E-state index in [1.807, 2.05) is 0 Å². The lowest BCUT2D eigenvalue weighted by molar-refractivity contribution is -0.137. The lowest BCUT2D eigenvalue weighted by Gasteiger charge is -2.05. The number of rotatable bonds is 4. The molecule has 0 aliphatic heterocycles. The Balaban J connectivity index is 2.39. The molecule has 2 rings (SSSR count). The normalized spacial score (nSPS) is 10.2. The topological polar surface area (TPSA) is 81.4 Å². The molecule has 0 atom stereocenters. The van der Waals surface area contributed by atoms with Crippen LogP contribution in [0, 0.1) is 0 Å². The lowest BCUT2D eigenvalue weighted by Crippen LogP contribution is -2.08. The Bertz CT molecular complexity index is 619. The molecule has 6 heteroatoms. The third-order valence-electron chi connectivity index (χ3n) is 2.57. The fraction of sp³-hybridized carbons (Fsp3) is 0.154. The Labute approximate surface area is 109 Å². The number of hydrogen-bond donors (Lipinski definition) is 1. The number of carboxylic acid groups (broad SMARTS) is 1. The zero-order valence-corrected chi connectivity index (χ0v) is 10.2. The maximum atomic E-state index is 11.6. The molecule has 0 saturated heterocycles. The van der Waals surface area contributed by atoms with Gasteiger partial charge in [-0.15, -0.1) is 0 Å². The van der Waals surface area contributed by atoms with Gasteiger partial charge in [0.25, 0.3) is 0 Å². The molecule has 98 valence electrons. The van der Waals surface area contributed by atoms with Gasteiger partial charge in [0.05, 0.1) is 18.9 Å². The van der Waals surface area contributed by atoms with Crippen LogP contribution >= 0.6 is 0 Å². The van der Waals surface area contributed by atoms with Crippen LogP contribution in [0.1, 0.15) is 10.4 Å². The number of carbonyl (C=O) groups is 2. The quantitative estimate of drug-likeness (QED) is 0.841. The SMILES string of the molecule is COC(=O)c1ccccc1-c1cnn(CC(=O)O)c1. The van der Waals surface area contributed by atoms with Crippen LogP contribution in [0.15, 0.2) is 36.7 Å². The number of carbonyl (C=O) groups excluding carboxylic acids is 1. The van der Waals surface area contributed by atoms with Crippen LogP contribution in [0.2, 0.25) is 0 Å². The van der Waals surface area contributed by atoms with Gasteiger partial charge in [0, 0.05) is 11.8 Å². The van der Waals surface area contributed by atoms with Gasteiger partial charge in [0.2, 0.25) is 0 Å². The molecule has 1 aromatic carbocycles. The Morgan fingerprint density at radius 3 is 2.79 bits per heavy atom. The highest BCUT2D eigenvalue weighted by atomic mass is 16.5. The predicted molar refractivity (Wildman–Crippen MR) is 66.6 cm³/mol. The predicted octanol–water partition coefficient (Wildman–Crippen LogP) is 1.42. The molecule has 0 fully saturated rings. The van der Waals surface area contributed by atoms with E-state index in [2.05, 4.69) is 5.10 Å². The summed E-state index contributed by atoms with van der Waals surface area (Å²) in [6, 6.07) is 6.93. The summed E-state index contributed by atoms with van der Waals surface area (Å²) in [4.78, 5) is 22.2. The number of carboxylic acids is 1. The Morgan fingerprint density at radius 1 is 1.37 bits per heavy atom. The van der Waals surface area contributed by atoms with Gasteiger partial charge in [0.1, 0.15) is 6.54 Å². The molecule has 1 N–H and O–H groups in total. The molecule has 6 nitrogen and oxygen atoms in total. The molecule has 0 radical (unpaired) electrons. The van der Waals surface area contributed by atoms with Crippen molar-refractivity contribution in [3.63, 3.8) is 0 Å². The zero-order valence-electron chi connectivity index (χ0n) is 10.2. The van der Waals surface area contributed by atoms with E-state index < -0.39 is 11.9 Å². The van der Waals surface area contributed by atoms with E-state index in [9.17, 15) is 9.59 Å². The van der Waals surface area contributed by atoms with Gasteiger partial charge in [-0.3, -0.25) is 9.48 Å². The average Bonchev–Trinajstić information content (AvgIpc) is 2.85. The Morgan fingerprint density at radius 2 is 2.11 bits per heavy atom. The van der Waals surface area contributed by atoms with Crippen molar-refractivity contribution < 1.29 is 19.4 Å². The minimum Gasteiger partial charge on any atom is -0.480 e. The molecule has 0 amide bonds. The lowest BCUT2D eigenvalue weighted by atomic mass is 10.0. The van der Waals surface area contributed by atoms with Crippen LogP contribution in [0.25, 0.3) is 11.1 Å². The monoisotopic (exact) mass is 260 g/mol. The summed E-state index contributed by atoms with van der Waals surface area (Å²) >= 11 is 0. The average molecular weight is 260 g/mol. The van der Waals surface area contributed by atoms with Crippen LogP contribution in [0.4, 0.5) is 0 Å². The number of aromatic nitrogens is 2. The van der Waals surface area contributed by atoms with Crippen molar-refractivity contribution in [3.05, 3.63) is 42.2 Å². The van der Waals surface area contributed by atoms with E-state index >= 15 is 0 Å². The molecule has 0 aliphatic rings. The van der Waals surface area contributed by atoms with E-state index in [4.69, 9.17) is 9.84 Å². The van der Waals surface area contributed by atoms with Crippen LogP contribution in [0.3, 0.4) is 0 Å². The maximum Gasteiger partial charge on any atom is 0.338 e. The zero-order chi connectivity index (χ0) is 13.8. The third-order valence-corrected chi connectivity index (χ3v) is 2.57. The molecule has 19 heavy (non-hydrogen) atoms. The molecule has 2 aromatic rings. The minimum absolute atomic E-state index is 0.222. The standard InChI is InChI=1S/C13H12N2O4/c1-19-13(18)11-5-3-2-4-10(11)9-6-14-15(7-9)8-12(16)17/h2-7H,8H2,1H3,(H,16,17). The van der Waals surface area contributed by atoms with Gasteiger partial charge >= 0.3 is 11.9 Å². The van der Waals surface area contributed by atoms with Gasteiger partial charge < -0.3 is 9.84 Å². The molecule has 0 bridgehead atoms. The van der Waals surface area contributed by atoms with E-state index in [0.29, 0.717) is 16.7 Å². The summed E-state index contributed by atoms with van der Waals surface area (Å²) in [7, 11) is 1.31. The highest BCUT2D eigenvalue weighted by molar-refractivity contribution is 5.97. The first-order valence-corrected chi connectivity index (χ1v) is 5.54. The smallest absolute Gasteiger partial charge is 0.338 e. The van der Waals surface area contributed by atoms with Crippen molar-refractivity contribution in [1.82, 2.24) is 9.78 Å². The van der Waals surface area contributed by atoms with Crippen molar-refractivity contribution in [2.24, 2.45) is 0 Å². The summed E-state index contributed by atoms with van der Waals surface area (Å²) in [5.41, 5.74) is 1.74. The molecule has 0 unspecified atom stereocenters. The van der Waals surface area contributed by atoms with Crippen molar-refractivity contribution in [1.29, 1.82) is 0 Å². The second-order valence-corrected chi connectivity index (χ2v) is 3.86. The Hall–Kier alpha value is -2.63. The molecular formula is C13H12N2O4. The van der Waals surface area contributed by atoms with Crippen LogP contribution in [-0.2, 0) is 16.1 Å². The third kappa shape index (κ3) is 2.79. The second-order valence-electron chi connectivity index (χ2n) is 3.86. The fourth-order valence-electron chi connectivity index (χ4n) is 1.75. The summed E-state index contributed by atoms with van der Waals surface area (Å²) in [6.07, 6.45) is 3.10. The number of ether oxygens (including phenoxy) is 1. The molecule has 0 saturated carbocycles. The Kier molecular flexibility index (Phi) is 3.61. The van der Waals surface area contributed by atoms with Crippen LogP contribution in [0.5, 0.6) is 0 Å². The van der Waals surface area contributed by atoms with E-state index in [-0.39, 0.29) is 6.54 Å². The summed E-state index contributed by atoms with van der Waals surface area (Å²) in [5, 5.41) is 12.6. The van der Waals surface area contributed by atoms with Gasteiger partial charge in [-0.05, 0) is 11.6 Å². The number of methoxy groups -OCH3 is 1. The van der Waals surface area contributed by atoms with Gasteiger partial charge in [-0.25, -0.2) is 4.79 Å². The van der Waals surface area contributed by atoms with Gasteiger partial charge in [-0.1, -0.05) is 18.2 Å². The molecule has 1 heterocycles. The van der Waals surface area contributed by atoms with Crippen LogP contribution < -0.4 is 0 Å². The number of aliphatic carboxylic acids is 1. The molecule has 0 spiro atoms.